The standard InChI is InChI=1S/C19H24N2O3/c1-2-3-4-5-11-18(22)21-16-9-6-8-15(13-16)19(23)20-14-17-10-7-12-24-17/h6-10,12-13H,2-5,11,14H2,1H3,(H,20,23)(H,21,22). The molecule has 0 spiro atoms. The van der Waals surface area contributed by atoms with E-state index in [1.807, 2.05) is 0 Å². The first kappa shape index (κ1) is 17.8. The van der Waals surface area contributed by atoms with Crippen molar-refractivity contribution in [2.24, 2.45) is 0 Å². The summed E-state index contributed by atoms with van der Waals surface area (Å²) in [6, 6.07) is 10.5. The van der Waals surface area contributed by atoms with Gasteiger partial charge in [0.2, 0.25) is 5.91 Å². The molecule has 2 amide bonds. The molecule has 0 aliphatic carbocycles. The summed E-state index contributed by atoms with van der Waals surface area (Å²) in [6.45, 7) is 2.47. The van der Waals surface area contributed by atoms with Crippen LogP contribution in [0.5, 0.6) is 0 Å². The van der Waals surface area contributed by atoms with E-state index in [2.05, 4.69) is 17.6 Å². The van der Waals surface area contributed by atoms with Gasteiger partial charge in [0, 0.05) is 17.7 Å². The Balaban J connectivity index is 1.83. The molecule has 0 saturated heterocycles. The highest BCUT2D eigenvalue weighted by atomic mass is 16.3. The molecule has 1 heterocycles. The largest absolute Gasteiger partial charge is 0.467 e. The minimum Gasteiger partial charge on any atom is -0.467 e. The SMILES string of the molecule is CCCCCCC(=O)Nc1cccc(C(=O)NCc2ccco2)c1. The zero-order valence-electron chi connectivity index (χ0n) is 14.0. The minimum absolute atomic E-state index is 0.0146. The van der Waals surface area contributed by atoms with Gasteiger partial charge in [-0.05, 0) is 36.8 Å². The van der Waals surface area contributed by atoms with E-state index in [4.69, 9.17) is 4.42 Å². The molecule has 24 heavy (non-hydrogen) atoms. The number of rotatable bonds is 9. The molecule has 2 aromatic rings. The second kappa shape index (κ2) is 9.55. The van der Waals surface area contributed by atoms with Gasteiger partial charge < -0.3 is 15.1 Å². The number of anilines is 1. The molecule has 0 bridgehead atoms. The normalized spacial score (nSPS) is 10.4. The Morgan fingerprint density at radius 2 is 1.96 bits per heavy atom. The van der Waals surface area contributed by atoms with E-state index in [0.717, 1.165) is 25.7 Å². The lowest BCUT2D eigenvalue weighted by Gasteiger charge is -2.08. The Hall–Kier alpha value is -2.56. The van der Waals surface area contributed by atoms with Crippen molar-refractivity contribution < 1.29 is 14.0 Å². The molecule has 0 saturated carbocycles. The summed E-state index contributed by atoms with van der Waals surface area (Å²) in [4.78, 5) is 24.1. The predicted molar refractivity (Wildman–Crippen MR) is 93.7 cm³/mol. The Morgan fingerprint density at radius 1 is 1.08 bits per heavy atom. The van der Waals surface area contributed by atoms with Crippen molar-refractivity contribution in [3.8, 4) is 0 Å². The highest BCUT2D eigenvalue weighted by Gasteiger charge is 2.08. The molecule has 1 aromatic heterocycles. The number of hydrogen-bond donors (Lipinski definition) is 2. The van der Waals surface area contributed by atoms with Crippen molar-refractivity contribution in [3.05, 3.63) is 54.0 Å². The van der Waals surface area contributed by atoms with Crippen LogP contribution in [-0.2, 0) is 11.3 Å². The zero-order valence-corrected chi connectivity index (χ0v) is 14.0. The third-order valence-corrected chi connectivity index (χ3v) is 3.67. The van der Waals surface area contributed by atoms with Crippen LogP contribution in [0.3, 0.4) is 0 Å². The molecular weight excluding hydrogens is 304 g/mol. The van der Waals surface area contributed by atoms with E-state index in [-0.39, 0.29) is 11.8 Å². The summed E-state index contributed by atoms with van der Waals surface area (Å²) >= 11 is 0. The maximum absolute atomic E-state index is 12.2. The number of unbranched alkanes of at least 4 members (excludes halogenated alkanes) is 3. The predicted octanol–water partition coefficient (Wildman–Crippen LogP) is 4.12. The molecule has 2 rings (SSSR count). The van der Waals surface area contributed by atoms with Gasteiger partial charge in [0.25, 0.3) is 5.91 Å². The summed E-state index contributed by atoms with van der Waals surface area (Å²) in [7, 11) is 0. The van der Waals surface area contributed by atoms with Crippen LogP contribution in [0.4, 0.5) is 5.69 Å². The van der Waals surface area contributed by atoms with Gasteiger partial charge in [0.1, 0.15) is 5.76 Å². The summed E-state index contributed by atoms with van der Waals surface area (Å²) < 4.78 is 5.18. The summed E-state index contributed by atoms with van der Waals surface area (Å²) in [5.41, 5.74) is 1.14. The zero-order chi connectivity index (χ0) is 17.2. The molecule has 5 heteroatoms. The molecular formula is C19H24N2O3. The molecule has 0 atom stereocenters. The third-order valence-electron chi connectivity index (χ3n) is 3.67. The first-order chi connectivity index (χ1) is 11.7. The van der Waals surface area contributed by atoms with Crippen LogP contribution in [0.1, 0.15) is 55.1 Å². The molecule has 0 aliphatic heterocycles. The first-order valence-corrected chi connectivity index (χ1v) is 8.39. The van der Waals surface area contributed by atoms with Crippen LogP contribution in [0.25, 0.3) is 0 Å². The van der Waals surface area contributed by atoms with E-state index in [9.17, 15) is 9.59 Å². The van der Waals surface area contributed by atoms with Gasteiger partial charge in [0.05, 0.1) is 12.8 Å². The van der Waals surface area contributed by atoms with Crippen LogP contribution in [0.2, 0.25) is 0 Å². The van der Waals surface area contributed by atoms with Gasteiger partial charge >= 0.3 is 0 Å². The maximum Gasteiger partial charge on any atom is 0.251 e. The van der Waals surface area contributed by atoms with Gasteiger partial charge in [-0.3, -0.25) is 9.59 Å². The highest BCUT2D eigenvalue weighted by Crippen LogP contribution is 2.12. The number of carbonyl (C=O) groups excluding carboxylic acids is 2. The fourth-order valence-corrected chi connectivity index (χ4v) is 2.36. The summed E-state index contributed by atoms with van der Waals surface area (Å²) in [5.74, 6) is 0.476. The summed E-state index contributed by atoms with van der Waals surface area (Å²) in [6.07, 6.45) is 6.34. The number of furan rings is 1. The van der Waals surface area contributed by atoms with E-state index in [1.165, 1.54) is 0 Å². The average Bonchev–Trinajstić information content (AvgIpc) is 3.10. The van der Waals surface area contributed by atoms with Crippen molar-refractivity contribution in [3.63, 3.8) is 0 Å². The Morgan fingerprint density at radius 3 is 2.71 bits per heavy atom. The van der Waals surface area contributed by atoms with Crippen molar-refractivity contribution >= 4 is 17.5 Å². The van der Waals surface area contributed by atoms with E-state index in [1.54, 1.807) is 42.7 Å². The third kappa shape index (κ3) is 5.91. The molecule has 5 nitrogen and oxygen atoms in total. The molecule has 128 valence electrons. The van der Waals surface area contributed by atoms with Crippen molar-refractivity contribution in [2.45, 2.75) is 45.6 Å². The highest BCUT2D eigenvalue weighted by molar-refractivity contribution is 5.97. The van der Waals surface area contributed by atoms with E-state index in [0.29, 0.717) is 30.0 Å². The molecule has 0 aliphatic rings. The van der Waals surface area contributed by atoms with Crippen LogP contribution < -0.4 is 10.6 Å². The fraction of sp³-hybridized carbons (Fsp3) is 0.368. The number of carbonyl (C=O) groups is 2. The average molecular weight is 328 g/mol. The van der Waals surface area contributed by atoms with Crippen molar-refractivity contribution in [1.82, 2.24) is 5.32 Å². The van der Waals surface area contributed by atoms with Crippen molar-refractivity contribution in [1.29, 1.82) is 0 Å². The Bertz CT molecular complexity index is 650. The molecule has 1 aromatic carbocycles. The number of amides is 2. The Kier molecular flexibility index (Phi) is 7.08. The topological polar surface area (TPSA) is 71.3 Å². The summed E-state index contributed by atoms with van der Waals surface area (Å²) in [5, 5.41) is 5.63. The van der Waals surface area contributed by atoms with Crippen LogP contribution in [0.15, 0.2) is 47.1 Å². The van der Waals surface area contributed by atoms with Gasteiger partial charge in [-0.2, -0.15) is 0 Å². The molecule has 2 N–H and O–H groups in total. The van der Waals surface area contributed by atoms with Gasteiger partial charge in [-0.1, -0.05) is 32.3 Å². The van der Waals surface area contributed by atoms with Crippen LogP contribution >= 0.6 is 0 Å². The van der Waals surface area contributed by atoms with Gasteiger partial charge in [0.15, 0.2) is 0 Å². The first-order valence-electron chi connectivity index (χ1n) is 8.39. The number of benzene rings is 1. The number of hydrogen-bond acceptors (Lipinski definition) is 3. The molecule has 0 fully saturated rings. The van der Waals surface area contributed by atoms with Gasteiger partial charge in [-0.15, -0.1) is 0 Å². The molecule has 0 unspecified atom stereocenters. The lowest BCUT2D eigenvalue weighted by atomic mass is 10.1. The second-order valence-corrected chi connectivity index (χ2v) is 5.70. The smallest absolute Gasteiger partial charge is 0.251 e. The van der Waals surface area contributed by atoms with Crippen LogP contribution in [0, 0.1) is 0 Å². The fourth-order valence-electron chi connectivity index (χ4n) is 2.36. The maximum atomic E-state index is 12.2. The Labute approximate surface area is 142 Å². The van der Waals surface area contributed by atoms with Crippen LogP contribution in [-0.4, -0.2) is 11.8 Å². The van der Waals surface area contributed by atoms with Gasteiger partial charge in [-0.25, -0.2) is 0 Å². The monoisotopic (exact) mass is 328 g/mol. The second-order valence-electron chi connectivity index (χ2n) is 5.70. The lowest BCUT2D eigenvalue weighted by Crippen LogP contribution is -2.22. The van der Waals surface area contributed by atoms with Crippen molar-refractivity contribution in [2.75, 3.05) is 5.32 Å². The quantitative estimate of drug-likeness (QED) is 0.680. The molecule has 0 radical (unpaired) electrons. The lowest BCUT2D eigenvalue weighted by molar-refractivity contribution is -0.116. The van der Waals surface area contributed by atoms with E-state index < -0.39 is 0 Å². The van der Waals surface area contributed by atoms with E-state index >= 15 is 0 Å². The number of nitrogens with one attached hydrogen (secondary N) is 2. The minimum atomic E-state index is -0.203.